The van der Waals surface area contributed by atoms with Gasteiger partial charge in [-0.2, -0.15) is 0 Å². The lowest BCUT2D eigenvalue weighted by molar-refractivity contribution is -0.140. The van der Waals surface area contributed by atoms with E-state index in [1.165, 1.54) is 4.90 Å². The first-order valence-corrected chi connectivity index (χ1v) is 14.1. The van der Waals surface area contributed by atoms with Gasteiger partial charge in [0, 0.05) is 15.7 Å². The summed E-state index contributed by atoms with van der Waals surface area (Å²) in [6, 6.07) is 15.9. The first-order chi connectivity index (χ1) is 15.8. The van der Waals surface area contributed by atoms with Crippen LogP contribution in [0.4, 0.5) is 5.69 Å². The highest BCUT2D eigenvalue weighted by Crippen LogP contribution is 2.20. The maximum atomic E-state index is 13.6. The minimum absolute atomic E-state index is 0.253. The number of anilines is 1. The van der Waals surface area contributed by atoms with Crippen molar-refractivity contribution in [2.75, 3.05) is 23.7 Å². The minimum Gasteiger partial charge on any atom is -0.350 e. The summed E-state index contributed by atoms with van der Waals surface area (Å²) in [4.78, 5) is 28.2. The maximum Gasteiger partial charge on any atom is 0.244 e. The van der Waals surface area contributed by atoms with Crippen LogP contribution in [0.25, 0.3) is 0 Å². The van der Waals surface area contributed by atoms with Crippen molar-refractivity contribution in [1.29, 1.82) is 0 Å². The molecule has 2 rings (SSSR count). The Kier molecular flexibility index (Phi) is 9.93. The van der Waals surface area contributed by atoms with Gasteiger partial charge in [-0.25, -0.2) is 8.42 Å². The van der Waals surface area contributed by atoms with Crippen LogP contribution in [0.5, 0.6) is 0 Å². The summed E-state index contributed by atoms with van der Waals surface area (Å²) in [5.41, 5.74) is 0.981. The zero-order chi connectivity index (χ0) is 25.5. The Bertz CT molecular complexity index is 1070. The number of hydrogen-bond acceptors (Lipinski definition) is 4. The normalized spacial score (nSPS) is 12.6. The Morgan fingerprint density at radius 1 is 1.03 bits per heavy atom. The van der Waals surface area contributed by atoms with Crippen molar-refractivity contribution in [3.63, 3.8) is 0 Å². The molecule has 0 saturated heterocycles. The van der Waals surface area contributed by atoms with E-state index >= 15 is 0 Å². The molecule has 0 aromatic heterocycles. The van der Waals surface area contributed by atoms with E-state index in [1.54, 1.807) is 24.3 Å². The third kappa shape index (κ3) is 8.57. The highest BCUT2D eigenvalue weighted by Gasteiger charge is 2.32. The van der Waals surface area contributed by atoms with Crippen molar-refractivity contribution in [3.05, 3.63) is 63.7 Å². The number of nitrogens with zero attached hydrogens (tertiary/aromatic N) is 2. The Morgan fingerprint density at radius 3 is 2.12 bits per heavy atom. The number of amides is 2. The summed E-state index contributed by atoms with van der Waals surface area (Å²) in [6.45, 7) is 7.42. The topological polar surface area (TPSA) is 86.8 Å². The van der Waals surface area contributed by atoms with E-state index < -0.39 is 27.5 Å². The fraction of sp³-hybridized carbons (Fsp3) is 0.440. The molecule has 0 aliphatic carbocycles. The molecular formula is C25H34IN3O4S. The van der Waals surface area contributed by atoms with E-state index in [1.807, 2.05) is 58.0 Å². The van der Waals surface area contributed by atoms with Crippen molar-refractivity contribution in [1.82, 2.24) is 10.2 Å². The van der Waals surface area contributed by atoms with Gasteiger partial charge in [-0.3, -0.25) is 13.9 Å². The molecule has 0 radical (unpaired) electrons. The van der Waals surface area contributed by atoms with Crippen LogP contribution in [0, 0.1) is 3.57 Å². The first kappa shape index (κ1) is 28.1. The summed E-state index contributed by atoms with van der Waals surface area (Å²) >= 11 is 2.14. The van der Waals surface area contributed by atoms with Gasteiger partial charge in [-0.05, 0) is 86.0 Å². The number of rotatable bonds is 10. The second-order valence-corrected chi connectivity index (χ2v) is 12.4. The summed E-state index contributed by atoms with van der Waals surface area (Å²) in [6.07, 6.45) is 2.04. The maximum absolute atomic E-state index is 13.6. The van der Waals surface area contributed by atoms with E-state index in [0.29, 0.717) is 25.1 Å². The molecule has 9 heteroatoms. The zero-order valence-corrected chi connectivity index (χ0v) is 23.4. The van der Waals surface area contributed by atoms with Gasteiger partial charge in [0.2, 0.25) is 21.8 Å². The number of halogens is 1. The van der Waals surface area contributed by atoms with E-state index in [0.717, 1.165) is 19.7 Å². The van der Waals surface area contributed by atoms with Crippen LogP contribution in [-0.2, 0) is 26.0 Å². The van der Waals surface area contributed by atoms with E-state index in [4.69, 9.17) is 0 Å². The number of carbonyl (C=O) groups is 2. The largest absolute Gasteiger partial charge is 0.350 e. The highest BCUT2D eigenvalue weighted by atomic mass is 127. The van der Waals surface area contributed by atoms with E-state index in [2.05, 4.69) is 27.9 Å². The van der Waals surface area contributed by atoms with E-state index in [-0.39, 0.29) is 12.5 Å². The van der Waals surface area contributed by atoms with Crippen LogP contribution in [-0.4, -0.2) is 56.1 Å². The minimum atomic E-state index is -3.73. The average molecular weight is 600 g/mol. The fourth-order valence-corrected chi connectivity index (χ4v) is 4.78. The Morgan fingerprint density at radius 2 is 1.62 bits per heavy atom. The van der Waals surface area contributed by atoms with Crippen molar-refractivity contribution >= 4 is 50.1 Å². The van der Waals surface area contributed by atoms with Crippen LogP contribution >= 0.6 is 22.6 Å². The molecular weight excluding hydrogens is 565 g/mol. The molecule has 34 heavy (non-hydrogen) atoms. The molecule has 1 atom stereocenters. The fourth-order valence-electron chi connectivity index (χ4n) is 3.57. The Hall–Kier alpha value is -2.14. The predicted octanol–water partition coefficient (Wildman–Crippen LogP) is 3.82. The quantitative estimate of drug-likeness (QED) is 0.421. The average Bonchev–Trinajstić information content (AvgIpc) is 2.74. The molecule has 0 saturated carbocycles. The van der Waals surface area contributed by atoms with Crippen molar-refractivity contribution in [2.45, 2.75) is 52.1 Å². The second kappa shape index (κ2) is 12.0. The third-order valence-corrected chi connectivity index (χ3v) is 7.02. The SMILES string of the molecule is CCC(C(=O)NC(C)(C)C)N(CCc1ccccc1)C(=O)CN(c1ccc(I)cc1)S(C)(=O)=O. The summed E-state index contributed by atoms with van der Waals surface area (Å²) in [7, 11) is -3.73. The first-order valence-electron chi connectivity index (χ1n) is 11.2. The summed E-state index contributed by atoms with van der Waals surface area (Å²) in [5.74, 6) is -0.674. The van der Waals surface area contributed by atoms with Crippen LogP contribution in [0.3, 0.4) is 0 Å². The molecule has 0 aliphatic rings. The van der Waals surface area contributed by atoms with Crippen LogP contribution in [0.1, 0.15) is 39.7 Å². The van der Waals surface area contributed by atoms with Crippen LogP contribution in [0.2, 0.25) is 0 Å². The molecule has 1 N–H and O–H groups in total. The van der Waals surface area contributed by atoms with Gasteiger partial charge < -0.3 is 10.2 Å². The third-order valence-electron chi connectivity index (χ3n) is 5.16. The molecule has 0 bridgehead atoms. The molecule has 186 valence electrons. The smallest absolute Gasteiger partial charge is 0.244 e. The second-order valence-electron chi connectivity index (χ2n) is 9.23. The molecule has 7 nitrogen and oxygen atoms in total. The molecule has 2 aromatic rings. The van der Waals surface area contributed by atoms with Crippen molar-refractivity contribution < 1.29 is 18.0 Å². The lowest BCUT2D eigenvalue weighted by Gasteiger charge is -2.34. The zero-order valence-electron chi connectivity index (χ0n) is 20.4. The van der Waals surface area contributed by atoms with Crippen molar-refractivity contribution in [2.24, 2.45) is 0 Å². The molecule has 0 aliphatic heterocycles. The van der Waals surface area contributed by atoms with Gasteiger partial charge in [0.05, 0.1) is 11.9 Å². The van der Waals surface area contributed by atoms with Gasteiger partial charge in [0.15, 0.2) is 0 Å². The van der Waals surface area contributed by atoms with Gasteiger partial charge in [0.25, 0.3) is 0 Å². The summed E-state index contributed by atoms with van der Waals surface area (Å²) < 4.78 is 27.2. The standard InChI is InChI=1S/C25H34IN3O4S/c1-6-22(24(31)27-25(2,3)4)28(17-16-19-10-8-7-9-11-19)23(30)18-29(34(5,32)33)21-14-12-20(26)13-15-21/h7-15,22H,6,16-18H2,1-5H3,(H,27,31). The number of carbonyl (C=O) groups excluding carboxylic acids is 2. The van der Waals surface area contributed by atoms with Crippen molar-refractivity contribution in [3.8, 4) is 0 Å². The summed E-state index contributed by atoms with van der Waals surface area (Å²) in [5, 5.41) is 2.96. The number of nitrogens with one attached hydrogen (secondary N) is 1. The predicted molar refractivity (Wildman–Crippen MR) is 145 cm³/mol. The molecule has 0 spiro atoms. The molecule has 0 fully saturated rings. The molecule has 2 amide bonds. The molecule has 0 heterocycles. The van der Waals surface area contributed by atoms with Gasteiger partial charge in [-0.15, -0.1) is 0 Å². The Balaban J connectivity index is 2.36. The highest BCUT2D eigenvalue weighted by molar-refractivity contribution is 14.1. The number of hydrogen-bond donors (Lipinski definition) is 1. The van der Waals surface area contributed by atoms with Gasteiger partial charge in [-0.1, -0.05) is 37.3 Å². The molecule has 1 unspecified atom stereocenters. The van der Waals surface area contributed by atoms with E-state index in [9.17, 15) is 18.0 Å². The Labute approximate surface area is 217 Å². The van der Waals surface area contributed by atoms with Gasteiger partial charge >= 0.3 is 0 Å². The lowest BCUT2D eigenvalue weighted by Crippen LogP contribution is -2.56. The number of sulfonamides is 1. The monoisotopic (exact) mass is 599 g/mol. The molecule has 2 aromatic carbocycles. The van der Waals surface area contributed by atoms with Gasteiger partial charge in [0.1, 0.15) is 12.6 Å². The lowest BCUT2D eigenvalue weighted by atomic mass is 10.1. The van der Waals surface area contributed by atoms with Crippen LogP contribution < -0.4 is 9.62 Å². The number of benzene rings is 2. The van der Waals surface area contributed by atoms with Crippen LogP contribution in [0.15, 0.2) is 54.6 Å².